The van der Waals surface area contributed by atoms with Crippen molar-refractivity contribution >= 4 is 33.0 Å². The van der Waals surface area contributed by atoms with E-state index in [1.54, 1.807) is 23.1 Å². The van der Waals surface area contributed by atoms with Gasteiger partial charge in [-0.25, -0.2) is 13.4 Å². The lowest BCUT2D eigenvalue weighted by molar-refractivity contribution is -0.117. The van der Waals surface area contributed by atoms with Crippen LogP contribution in [-0.4, -0.2) is 43.2 Å². The van der Waals surface area contributed by atoms with Crippen LogP contribution in [-0.2, 0) is 27.7 Å². The number of aromatic nitrogens is 1. The summed E-state index contributed by atoms with van der Waals surface area (Å²) in [6.45, 7) is 5.07. The molecule has 31 heavy (non-hydrogen) atoms. The highest BCUT2D eigenvalue weighted by Crippen LogP contribution is 2.32. The van der Waals surface area contributed by atoms with Crippen LogP contribution < -0.4 is 4.90 Å². The van der Waals surface area contributed by atoms with Crippen LogP contribution in [0.5, 0.6) is 0 Å². The largest absolute Gasteiger partial charge is 0.311 e. The molecule has 6 nitrogen and oxygen atoms in total. The van der Waals surface area contributed by atoms with Gasteiger partial charge in [-0.05, 0) is 30.2 Å². The first kappa shape index (κ1) is 21.7. The summed E-state index contributed by atoms with van der Waals surface area (Å²) in [5, 5.41) is 2.83. The molecule has 2 heterocycles. The van der Waals surface area contributed by atoms with E-state index in [1.165, 1.54) is 15.6 Å². The number of benzene rings is 2. The van der Waals surface area contributed by atoms with E-state index in [4.69, 9.17) is 0 Å². The van der Waals surface area contributed by atoms with Crippen molar-refractivity contribution in [1.29, 1.82) is 0 Å². The summed E-state index contributed by atoms with van der Waals surface area (Å²) in [7, 11) is -3.51. The smallest absolute Gasteiger partial charge is 0.243 e. The number of hydrogen-bond acceptors (Lipinski definition) is 5. The lowest BCUT2D eigenvalue weighted by Gasteiger charge is -2.20. The molecule has 1 amide bonds. The molecule has 0 spiro atoms. The summed E-state index contributed by atoms with van der Waals surface area (Å²) in [6.07, 6.45) is 0.872. The van der Waals surface area contributed by atoms with E-state index in [0.29, 0.717) is 26.1 Å². The number of anilines is 1. The second-order valence-corrected chi connectivity index (χ2v) is 10.2. The maximum Gasteiger partial charge on any atom is 0.243 e. The zero-order valence-corrected chi connectivity index (χ0v) is 19.2. The first-order valence-corrected chi connectivity index (χ1v) is 12.7. The minimum atomic E-state index is -3.51. The third-order valence-corrected chi connectivity index (χ3v) is 8.48. The number of hydrogen-bond donors (Lipinski definition) is 0. The molecule has 1 aliphatic rings. The van der Waals surface area contributed by atoms with Crippen LogP contribution >= 0.6 is 11.3 Å². The maximum atomic E-state index is 13.0. The number of carbonyl (C=O) groups is 1. The summed E-state index contributed by atoms with van der Waals surface area (Å²) in [5.74, 6) is -0.0250. The topological polar surface area (TPSA) is 70.6 Å². The van der Waals surface area contributed by atoms with Crippen molar-refractivity contribution in [3.63, 3.8) is 0 Å². The highest BCUT2D eigenvalue weighted by Gasteiger charge is 2.28. The Labute approximate surface area is 187 Å². The second kappa shape index (κ2) is 8.90. The number of carbonyl (C=O) groups excluding carboxylic acids is 1. The fourth-order valence-electron chi connectivity index (χ4n) is 3.86. The Morgan fingerprint density at radius 3 is 2.58 bits per heavy atom. The van der Waals surface area contributed by atoms with Crippen molar-refractivity contribution in [2.45, 2.75) is 31.6 Å². The Bertz CT molecular complexity index is 1190. The zero-order valence-electron chi connectivity index (χ0n) is 17.6. The average molecular weight is 456 g/mol. The molecule has 8 heteroatoms. The fourth-order valence-corrected chi connectivity index (χ4v) is 6.20. The molecule has 1 aromatic heterocycles. The first-order valence-electron chi connectivity index (χ1n) is 10.4. The molecule has 0 N–H and O–H groups in total. The third kappa shape index (κ3) is 4.28. The van der Waals surface area contributed by atoms with E-state index in [9.17, 15) is 13.2 Å². The number of nitrogens with zero attached hydrogens (tertiary/aromatic N) is 3. The molecule has 4 rings (SSSR count). The number of rotatable bonds is 7. The van der Waals surface area contributed by atoms with Gasteiger partial charge in [-0.15, -0.1) is 11.3 Å². The highest BCUT2D eigenvalue weighted by atomic mass is 32.2. The van der Waals surface area contributed by atoms with Crippen molar-refractivity contribution < 1.29 is 13.2 Å². The summed E-state index contributed by atoms with van der Waals surface area (Å²) < 4.78 is 27.1. The second-order valence-electron chi connectivity index (χ2n) is 7.36. The minimum absolute atomic E-state index is 0.0250. The van der Waals surface area contributed by atoms with Gasteiger partial charge in [0.15, 0.2) is 0 Å². The van der Waals surface area contributed by atoms with Gasteiger partial charge >= 0.3 is 0 Å². The number of sulfonamides is 1. The number of fused-ring (bicyclic) bond motifs is 1. The van der Waals surface area contributed by atoms with Crippen LogP contribution in [0, 0.1) is 0 Å². The quantitative estimate of drug-likeness (QED) is 0.540. The SMILES string of the molecule is CCN(CC)S(=O)(=O)c1ccc2c(c1)CCN2C(=O)Cc1csc(-c2ccccc2)n1. The molecule has 0 aliphatic carbocycles. The standard InChI is InChI=1S/C23H25N3O3S2/c1-3-25(4-2)31(28,29)20-10-11-21-18(14-20)12-13-26(21)22(27)15-19-16-30-23(24-19)17-8-6-5-7-9-17/h5-11,14,16H,3-4,12-13,15H2,1-2H3. The van der Waals surface area contributed by atoms with Gasteiger partial charge < -0.3 is 4.90 Å². The molecule has 0 saturated carbocycles. The summed E-state index contributed by atoms with van der Waals surface area (Å²) in [6, 6.07) is 15.0. The molecule has 0 saturated heterocycles. The molecule has 162 valence electrons. The molecule has 0 fully saturated rings. The molecule has 0 radical (unpaired) electrons. The number of amides is 1. The van der Waals surface area contributed by atoms with Crippen LogP contribution in [0.1, 0.15) is 25.1 Å². The Balaban J connectivity index is 1.51. The molecule has 1 aliphatic heterocycles. The normalized spacial score (nSPS) is 13.6. The van der Waals surface area contributed by atoms with Crippen LogP contribution in [0.25, 0.3) is 10.6 Å². The molecule has 3 aromatic rings. The van der Waals surface area contributed by atoms with Gasteiger partial charge in [0.05, 0.1) is 17.0 Å². The molecular formula is C23H25N3O3S2. The van der Waals surface area contributed by atoms with Crippen molar-refractivity contribution in [3.05, 3.63) is 65.2 Å². The van der Waals surface area contributed by atoms with Gasteiger partial charge in [0.1, 0.15) is 5.01 Å². The predicted octanol–water partition coefficient (Wildman–Crippen LogP) is 3.97. The zero-order chi connectivity index (χ0) is 22.0. The predicted molar refractivity (Wildman–Crippen MR) is 124 cm³/mol. The molecule has 0 bridgehead atoms. The maximum absolute atomic E-state index is 13.0. The lowest BCUT2D eigenvalue weighted by atomic mass is 10.2. The average Bonchev–Trinajstić information content (AvgIpc) is 3.41. The summed E-state index contributed by atoms with van der Waals surface area (Å²) in [4.78, 5) is 19.6. The van der Waals surface area contributed by atoms with Gasteiger partial charge in [0.25, 0.3) is 0 Å². The van der Waals surface area contributed by atoms with Gasteiger partial charge in [-0.2, -0.15) is 4.31 Å². The summed E-state index contributed by atoms with van der Waals surface area (Å²) >= 11 is 1.53. The highest BCUT2D eigenvalue weighted by molar-refractivity contribution is 7.89. The van der Waals surface area contributed by atoms with E-state index < -0.39 is 10.0 Å². The van der Waals surface area contributed by atoms with E-state index in [2.05, 4.69) is 4.98 Å². The van der Waals surface area contributed by atoms with Crippen LogP contribution in [0.4, 0.5) is 5.69 Å². The Morgan fingerprint density at radius 2 is 1.87 bits per heavy atom. The number of thiazole rings is 1. The van der Waals surface area contributed by atoms with Crippen molar-refractivity contribution in [3.8, 4) is 10.6 Å². The third-order valence-electron chi connectivity index (χ3n) is 5.50. The molecule has 0 unspecified atom stereocenters. The van der Waals surface area contributed by atoms with E-state index in [-0.39, 0.29) is 17.2 Å². The van der Waals surface area contributed by atoms with Crippen molar-refractivity contribution in [2.24, 2.45) is 0 Å². The molecular weight excluding hydrogens is 430 g/mol. The Hall–Kier alpha value is -2.55. The first-order chi connectivity index (χ1) is 14.9. The monoisotopic (exact) mass is 455 g/mol. The van der Waals surface area contributed by atoms with Crippen molar-refractivity contribution in [2.75, 3.05) is 24.5 Å². The van der Waals surface area contributed by atoms with Crippen LogP contribution in [0.2, 0.25) is 0 Å². The van der Waals surface area contributed by atoms with Gasteiger partial charge in [-0.1, -0.05) is 44.2 Å². The Morgan fingerprint density at radius 1 is 1.13 bits per heavy atom. The molecule has 2 aromatic carbocycles. The van der Waals surface area contributed by atoms with E-state index in [1.807, 2.05) is 49.6 Å². The summed E-state index contributed by atoms with van der Waals surface area (Å²) in [5.41, 5.74) is 3.48. The van der Waals surface area contributed by atoms with Gasteiger partial charge in [0, 0.05) is 36.3 Å². The van der Waals surface area contributed by atoms with Gasteiger partial charge in [-0.3, -0.25) is 4.79 Å². The van der Waals surface area contributed by atoms with Gasteiger partial charge in [0.2, 0.25) is 15.9 Å². The van der Waals surface area contributed by atoms with Crippen LogP contribution in [0.3, 0.4) is 0 Å². The minimum Gasteiger partial charge on any atom is -0.311 e. The fraction of sp³-hybridized carbons (Fsp3) is 0.304. The van der Waals surface area contributed by atoms with E-state index >= 15 is 0 Å². The Kier molecular flexibility index (Phi) is 6.22. The lowest BCUT2D eigenvalue weighted by Crippen LogP contribution is -2.31. The van der Waals surface area contributed by atoms with Crippen molar-refractivity contribution in [1.82, 2.24) is 9.29 Å². The van der Waals surface area contributed by atoms with Crippen LogP contribution in [0.15, 0.2) is 58.8 Å². The molecule has 0 atom stereocenters. The van der Waals surface area contributed by atoms with E-state index in [0.717, 1.165) is 27.5 Å².